The number of carbonyl (C=O) groups excluding carboxylic acids is 1. The van der Waals surface area contributed by atoms with Gasteiger partial charge >= 0.3 is 6.09 Å². The Kier molecular flexibility index (Phi) is 3.64. The first-order valence-corrected chi connectivity index (χ1v) is 6.28. The Morgan fingerprint density at radius 3 is 2.78 bits per heavy atom. The van der Waals surface area contributed by atoms with Gasteiger partial charge in [-0.1, -0.05) is 12.2 Å². The summed E-state index contributed by atoms with van der Waals surface area (Å²) >= 11 is 0. The van der Waals surface area contributed by atoms with Crippen LogP contribution < -0.4 is 0 Å². The van der Waals surface area contributed by atoms with E-state index >= 15 is 0 Å². The van der Waals surface area contributed by atoms with Gasteiger partial charge in [-0.25, -0.2) is 4.79 Å². The molecule has 0 radical (unpaired) electrons. The molecule has 0 bridgehead atoms. The summed E-state index contributed by atoms with van der Waals surface area (Å²) in [5.74, 6) is 0. The van der Waals surface area contributed by atoms with E-state index in [4.69, 9.17) is 14.2 Å². The average molecular weight is 255 g/mol. The lowest BCUT2D eigenvalue weighted by atomic mass is 9.99. The number of methoxy groups -OCH3 is 1. The maximum absolute atomic E-state index is 12.2. The quantitative estimate of drug-likeness (QED) is 0.674. The molecule has 2 rings (SSSR count). The molecule has 102 valence electrons. The van der Waals surface area contributed by atoms with E-state index in [0.29, 0.717) is 0 Å². The first-order chi connectivity index (χ1) is 8.42. The van der Waals surface area contributed by atoms with E-state index in [2.05, 4.69) is 6.08 Å². The predicted molar refractivity (Wildman–Crippen MR) is 65.9 cm³/mol. The van der Waals surface area contributed by atoms with Crippen LogP contribution in [0.3, 0.4) is 0 Å². The van der Waals surface area contributed by atoms with Gasteiger partial charge in [-0.2, -0.15) is 0 Å². The van der Waals surface area contributed by atoms with Gasteiger partial charge in [0.15, 0.2) is 0 Å². The third-order valence-electron chi connectivity index (χ3n) is 3.00. The minimum atomic E-state index is -0.655. The molecule has 0 aromatic rings. The van der Waals surface area contributed by atoms with Crippen molar-refractivity contribution in [3.05, 3.63) is 12.2 Å². The summed E-state index contributed by atoms with van der Waals surface area (Å²) in [5, 5.41) is 0. The Labute approximate surface area is 108 Å². The Morgan fingerprint density at radius 2 is 2.17 bits per heavy atom. The molecule has 0 aromatic carbocycles. The Bertz CT molecular complexity index is 347. The Balaban J connectivity index is 2.13. The SMILES string of the molecule is COC1O[C@H]2C=CCC[C@H]2N1C(=O)OC(C)(C)C. The second kappa shape index (κ2) is 4.90. The lowest BCUT2D eigenvalue weighted by molar-refractivity contribution is -0.161. The second-order valence-corrected chi connectivity index (χ2v) is 5.60. The number of fused-ring (bicyclic) bond motifs is 1. The summed E-state index contributed by atoms with van der Waals surface area (Å²) in [6.07, 6.45) is 4.77. The molecular weight excluding hydrogens is 234 g/mol. The number of hydrogen-bond acceptors (Lipinski definition) is 4. The maximum Gasteiger partial charge on any atom is 0.414 e. The number of hydrogen-bond donors (Lipinski definition) is 0. The molecule has 5 nitrogen and oxygen atoms in total. The van der Waals surface area contributed by atoms with E-state index in [1.807, 2.05) is 26.8 Å². The summed E-state index contributed by atoms with van der Waals surface area (Å²) < 4.78 is 16.3. The van der Waals surface area contributed by atoms with E-state index in [1.54, 1.807) is 4.90 Å². The second-order valence-electron chi connectivity index (χ2n) is 5.60. The maximum atomic E-state index is 12.2. The van der Waals surface area contributed by atoms with Crippen LogP contribution in [0, 0.1) is 0 Å². The van der Waals surface area contributed by atoms with Crippen molar-refractivity contribution >= 4 is 6.09 Å². The molecule has 1 amide bonds. The predicted octanol–water partition coefficient (Wildman–Crippen LogP) is 2.27. The highest BCUT2D eigenvalue weighted by Gasteiger charge is 2.46. The molecule has 3 atom stereocenters. The van der Waals surface area contributed by atoms with Crippen molar-refractivity contribution in [1.82, 2.24) is 4.90 Å². The van der Waals surface area contributed by atoms with Crippen molar-refractivity contribution in [3.8, 4) is 0 Å². The topological polar surface area (TPSA) is 48.0 Å². The Morgan fingerprint density at radius 1 is 1.44 bits per heavy atom. The molecule has 1 aliphatic heterocycles. The van der Waals surface area contributed by atoms with Gasteiger partial charge in [-0.3, -0.25) is 4.90 Å². The summed E-state index contributed by atoms with van der Waals surface area (Å²) in [6, 6.07) is 0.00907. The highest BCUT2D eigenvalue weighted by Crippen LogP contribution is 2.32. The van der Waals surface area contributed by atoms with Crippen LogP contribution in [0.1, 0.15) is 33.6 Å². The van der Waals surface area contributed by atoms with Crippen LogP contribution in [0.25, 0.3) is 0 Å². The first kappa shape index (κ1) is 13.4. The summed E-state index contributed by atoms with van der Waals surface area (Å²) in [4.78, 5) is 13.8. The molecule has 0 spiro atoms. The third-order valence-corrected chi connectivity index (χ3v) is 3.00. The molecule has 1 saturated heterocycles. The fraction of sp³-hybridized carbons (Fsp3) is 0.769. The number of ether oxygens (including phenoxy) is 3. The molecule has 1 aliphatic carbocycles. The van der Waals surface area contributed by atoms with Crippen molar-refractivity contribution in [1.29, 1.82) is 0 Å². The van der Waals surface area contributed by atoms with Crippen LogP contribution in [0.4, 0.5) is 4.79 Å². The van der Waals surface area contributed by atoms with Crippen molar-refractivity contribution in [2.45, 2.75) is 57.8 Å². The van der Waals surface area contributed by atoms with Crippen molar-refractivity contribution < 1.29 is 19.0 Å². The van der Waals surface area contributed by atoms with Crippen LogP contribution in [-0.4, -0.2) is 42.3 Å². The van der Waals surface area contributed by atoms with E-state index in [1.165, 1.54) is 7.11 Å². The number of carbonyl (C=O) groups is 1. The zero-order valence-electron chi connectivity index (χ0n) is 11.4. The molecule has 1 fully saturated rings. The van der Waals surface area contributed by atoms with Crippen LogP contribution in [-0.2, 0) is 14.2 Å². The molecule has 1 unspecified atom stereocenters. The van der Waals surface area contributed by atoms with Gasteiger partial charge in [0.1, 0.15) is 11.7 Å². The van der Waals surface area contributed by atoms with Crippen molar-refractivity contribution in [2.24, 2.45) is 0 Å². The molecule has 18 heavy (non-hydrogen) atoms. The number of allylic oxidation sites excluding steroid dienone is 1. The minimum absolute atomic E-state index is 0.00907. The lowest BCUT2D eigenvalue weighted by Gasteiger charge is -2.31. The van der Waals surface area contributed by atoms with Crippen molar-refractivity contribution in [2.75, 3.05) is 7.11 Å². The van der Waals surface area contributed by atoms with E-state index in [9.17, 15) is 4.79 Å². The van der Waals surface area contributed by atoms with E-state index < -0.39 is 12.0 Å². The first-order valence-electron chi connectivity index (χ1n) is 6.28. The number of nitrogens with zero attached hydrogens (tertiary/aromatic N) is 1. The largest absolute Gasteiger partial charge is 0.444 e. The monoisotopic (exact) mass is 255 g/mol. The fourth-order valence-corrected chi connectivity index (χ4v) is 2.28. The summed E-state index contributed by atoms with van der Waals surface area (Å²) in [5.41, 5.74) is -0.516. The van der Waals surface area contributed by atoms with Crippen LogP contribution >= 0.6 is 0 Å². The van der Waals surface area contributed by atoms with E-state index in [-0.39, 0.29) is 18.2 Å². The average Bonchev–Trinajstić information content (AvgIpc) is 2.64. The van der Waals surface area contributed by atoms with Crippen LogP contribution in [0.5, 0.6) is 0 Å². The van der Waals surface area contributed by atoms with Gasteiger partial charge < -0.3 is 14.2 Å². The van der Waals surface area contributed by atoms with Gasteiger partial charge in [0.2, 0.25) is 6.41 Å². The lowest BCUT2D eigenvalue weighted by Crippen LogP contribution is -2.46. The van der Waals surface area contributed by atoms with Crippen molar-refractivity contribution in [3.63, 3.8) is 0 Å². The summed E-state index contributed by atoms with van der Waals surface area (Å²) in [6.45, 7) is 5.55. The minimum Gasteiger partial charge on any atom is -0.444 e. The highest BCUT2D eigenvalue weighted by molar-refractivity contribution is 5.69. The number of rotatable bonds is 1. The normalized spacial score (nSPS) is 31.3. The van der Waals surface area contributed by atoms with Gasteiger partial charge in [0, 0.05) is 7.11 Å². The molecule has 0 N–H and O–H groups in total. The third kappa shape index (κ3) is 2.67. The molecular formula is C13H21NO4. The number of amides is 1. The molecule has 0 aromatic heterocycles. The zero-order chi connectivity index (χ0) is 13.3. The fourth-order valence-electron chi connectivity index (χ4n) is 2.28. The van der Waals surface area contributed by atoms with E-state index in [0.717, 1.165) is 12.8 Å². The Hall–Kier alpha value is -1.07. The van der Waals surface area contributed by atoms with Gasteiger partial charge in [0.05, 0.1) is 6.04 Å². The van der Waals surface area contributed by atoms with Gasteiger partial charge in [0.25, 0.3) is 0 Å². The summed E-state index contributed by atoms with van der Waals surface area (Å²) in [7, 11) is 1.53. The zero-order valence-corrected chi connectivity index (χ0v) is 11.4. The van der Waals surface area contributed by atoms with Crippen LogP contribution in [0.2, 0.25) is 0 Å². The molecule has 1 heterocycles. The van der Waals surface area contributed by atoms with Gasteiger partial charge in [-0.15, -0.1) is 0 Å². The molecule has 2 aliphatic rings. The smallest absolute Gasteiger partial charge is 0.414 e. The molecule has 5 heteroatoms. The van der Waals surface area contributed by atoms with Gasteiger partial charge in [-0.05, 0) is 33.6 Å². The van der Waals surface area contributed by atoms with Crippen LogP contribution in [0.15, 0.2) is 12.2 Å². The highest BCUT2D eigenvalue weighted by atomic mass is 16.7. The molecule has 0 saturated carbocycles. The standard InChI is InChI=1S/C13H21NO4/c1-13(2,3)18-11(15)14-9-7-5-6-8-10(9)17-12(14)16-4/h6,8-10,12H,5,7H2,1-4H3/t9-,10+,12?/m1/s1.